The van der Waals surface area contributed by atoms with E-state index in [2.05, 4.69) is 10.4 Å². The van der Waals surface area contributed by atoms with Crippen LogP contribution in [0.1, 0.15) is 35.0 Å². The first-order valence-electron chi connectivity index (χ1n) is 8.04. The number of ether oxygens (including phenoxy) is 1. The maximum atomic E-state index is 12.1. The smallest absolute Gasteiger partial charge is 0.223 e. The molecule has 1 aromatic heterocycles. The van der Waals surface area contributed by atoms with Crippen molar-refractivity contribution >= 4 is 5.91 Å². The minimum atomic E-state index is -0.794. The number of carbonyl (C=O) groups is 1. The molecular formula is C18H25N3O3. The lowest BCUT2D eigenvalue weighted by atomic mass is 10.1. The van der Waals surface area contributed by atoms with Crippen LogP contribution in [0.2, 0.25) is 0 Å². The summed E-state index contributed by atoms with van der Waals surface area (Å²) in [5, 5.41) is 17.4. The molecule has 1 unspecified atom stereocenters. The predicted octanol–water partition coefficient (Wildman–Crippen LogP) is 1.89. The normalized spacial score (nSPS) is 12.2. The second-order valence-electron chi connectivity index (χ2n) is 5.77. The van der Waals surface area contributed by atoms with E-state index in [1.807, 2.05) is 48.9 Å². The van der Waals surface area contributed by atoms with Crippen molar-refractivity contribution in [1.82, 2.24) is 15.1 Å². The summed E-state index contributed by atoms with van der Waals surface area (Å²) in [6, 6.07) is 9.19. The molecule has 130 valence electrons. The molecule has 0 aliphatic rings. The highest BCUT2D eigenvalue weighted by Gasteiger charge is 2.15. The minimum Gasteiger partial charge on any atom is -0.388 e. The Morgan fingerprint density at radius 3 is 2.71 bits per heavy atom. The first-order valence-corrected chi connectivity index (χ1v) is 8.04. The van der Waals surface area contributed by atoms with Gasteiger partial charge in [-0.05, 0) is 19.4 Å². The maximum Gasteiger partial charge on any atom is 0.223 e. The molecule has 0 bridgehead atoms. The van der Waals surface area contributed by atoms with Crippen molar-refractivity contribution in [1.29, 1.82) is 0 Å². The summed E-state index contributed by atoms with van der Waals surface area (Å²) in [5.74, 6) is -0.185. The van der Waals surface area contributed by atoms with Gasteiger partial charge in [-0.25, -0.2) is 0 Å². The number of hydrogen-bond acceptors (Lipinski definition) is 4. The van der Waals surface area contributed by atoms with Crippen molar-refractivity contribution in [3.05, 3.63) is 52.8 Å². The van der Waals surface area contributed by atoms with Crippen LogP contribution >= 0.6 is 0 Å². The number of aliphatic hydroxyl groups is 1. The van der Waals surface area contributed by atoms with Gasteiger partial charge in [0.15, 0.2) is 0 Å². The fourth-order valence-corrected chi connectivity index (χ4v) is 2.61. The molecule has 0 aliphatic carbocycles. The van der Waals surface area contributed by atoms with Gasteiger partial charge < -0.3 is 15.2 Å². The number of methoxy groups -OCH3 is 1. The summed E-state index contributed by atoms with van der Waals surface area (Å²) in [7, 11) is 1.66. The number of benzene rings is 1. The molecule has 0 saturated carbocycles. The monoisotopic (exact) mass is 331 g/mol. The van der Waals surface area contributed by atoms with Crippen molar-refractivity contribution in [2.45, 2.75) is 39.5 Å². The summed E-state index contributed by atoms with van der Waals surface area (Å²) in [6.07, 6.45) is -0.752. The summed E-state index contributed by atoms with van der Waals surface area (Å²) < 4.78 is 6.96. The fraction of sp³-hybridized carbons (Fsp3) is 0.444. The molecule has 0 fully saturated rings. The van der Waals surface area contributed by atoms with E-state index in [9.17, 15) is 9.90 Å². The highest BCUT2D eigenvalue weighted by Crippen LogP contribution is 2.16. The van der Waals surface area contributed by atoms with Gasteiger partial charge in [0, 0.05) is 24.9 Å². The Bertz CT molecular complexity index is 668. The zero-order valence-corrected chi connectivity index (χ0v) is 14.5. The predicted molar refractivity (Wildman–Crippen MR) is 91.4 cm³/mol. The molecule has 2 rings (SSSR count). The van der Waals surface area contributed by atoms with Crippen LogP contribution in [0.4, 0.5) is 0 Å². The van der Waals surface area contributed by atoms with Crippen molar-refractivity contribution in [2.24, 2.45) is 0 Å². The maximum absolute atomic E-state index is 12.1. The molecule has 2 N–H and O–H groups in total. The van der Waals surface area contributed by atoms with E-state index in [4.69, 9.17) is 4.74 Å². The Labute approximate surface area is 142 Å². The standard InChI is InChI=1S/C18H25N3O3/c1-13-16(14(2)21(20-13)9-10-24-3)12-19-18(23)11-17(22)15-7-5-4-6-8-15/h4-8,17,22H,9-12H2,1-3H3,(H,19,23). The quantitative estimate of drug-likeness (QED) is 0.774. The van der Waals surface area contributed by atoms with E-state index in [0.29, 0.717) is 19.7 Å². The summed E-state index contributed by atoms with van der Waals surface area (Å²) >= 11 is 0. The van der Waals surface area contributed by atoms with E-state index in [-0.39, 0.29) is 12.3 Å². The first-order chi connectivity index (χ1) is 11.5. The molecule has 6 nitrogen and oxygen atoms in total. The number of aryl methyl sites for hydroxylation is 1. The Balaban J connectivity index is 1.91. The summed E-state index contributed by atoms with van der Waals surface area (Å²) in [5.41, 5.74) is 3.67. The fourth-order valence-electron chi connectivity index (χ4n) is 2.61. The van der Waals surface area contributed by atoms with E-state index in [1.165, 1.54) is 0 Å². The molecule has 1 atom stereocenters. The van der Waals surface area contributed by atoms with E-state index < -0.39 is 6.10 Å². The molecule has 6 heteroatoms. The molecule has 0 radical (unpaired) electrons. The third kappa shape index (κ3) is 4.66. The van der Waals surface area contributed by atoms with E-state index >= 15 is 0 Å². The molecule has 24 heavy (non-hydrogen) atoms. The number of nitrogens with one attached hydrogen (secondary N) is 1. The Morgan fingerprint density at radius 2 is 2.04 bits per heavy atom. The van der Waals surface area contributed by atoms with Crippen LogP contribution in [-0.2, 0) is 22.6 Å². The second-order valence-corrected chi connectivity index (χ2v) is 5.77. The molecule has 1 amide bonds. The van der Waals surface area contributed by atoms with Crippen molar-refractivity contribution < 1.29 is 14.6 Å². The Morgan fingerprint density at radius 1 is 1.33 bits per heavy atom. The van der Waals surface area contributed by atoms with Crippen LogP contribution < -0.4 is 5.32 Å². The minimum absolute atomic E-state index is 0.0416. The highest BCUT2D eigenvalue weighted by molar-refractivity contribution is 5.76. The zero-order valence-electron chi connectivity index (χ0n) is 14.5. The first kappa shape index (κ1) is 18.2. The molecule has 0 saturated heterocycles. The van der Waals surface area contributed by atoms with Crippen LogP contribution in [-0.4, -0.2) is 34.5 Å². The lowest BCUT2D eigenvalue weighted by molar-refractivity contribution is -0.123. The number of rotatable bonds is 8. The van der Waals surface area contributed by atoms with E-state index in [1.54, 1.807) is 7.11 Å². The van der Waals surface area contributed by atoms with Crippen molar-refractivity contribution in [2.75, 3.05) is 13.7 Å². The lowest BCUT2D eigenvalue weighted by Gasteiger charge is -2.11. The number of amides is 1. The third-order valence-corrected chi connectivity index (χ3v) is 4.06. The summed E-state index contributed by atoms with van der Waals surface area (Å²) in [4.78, 5) is 12.1. The van der Waals surface area contributed by atoms with Gasteiger partial charge in [0.05, 0.1) is 31.4 Å². The molecule has 0 aliphatic heterocycles. The largest absolute Gasteiger partial charge is 0.388 e. The van der Waals surface area contributed by atoms with Gasteiger partial charge >= 0.3 is 0 Å². The van der Waals surface area contributed by atoms with Crippen LogP contribution in [0, 0.1) is 13.8 Å². The van der Waals surface area contributed by atoms with Crippen LogP contribution in [0.15, 0.2) is 30.3 Å². The summed E-state index contributed by atoms with van der Waals surface area (Å²) in [6.45, 7) is 5.60. The number of aromatic nitrogens is 2. The van der Waals surface area contributed by atoms with Crippen molar-refractivity contribution in [3.63, 3.8) is 0 Å². The zero-order chi connectivity index (χ0) is 17.5. The third-order valence-electron chi connectivity index (χ3n) is 4.06. The average molecular weight is 331 g/mol. The number of nitrogens with zero attached hydrogens (tertiary/aromatic N) is 2. The average Bonchev–Trinajstić information content (AvgIpc) is 2.85. The molecule has 0 spiro atoms. The number of carbonyl (C=O) groups excluding carboxylic acids is 1. The van der Waals surface area contributed by atoms with Crippen LogP contribution in [0.25, 0.3) is 0 Å². The second kappa shape index (κ2) is 8.61. The SMILES string of the molecule is COCCn1nc(C)c(CNC(=O)CC(O)c2ccccc2)c1C. The van der Waals surface area contributed by atoms with E-state index in [0.717, 1.165) is 22.5 Å². The van der Waals surface area contributed by atoms with Gasteiger partial charge in [0.25, 0.3) is 0 Å². The molecular weight excluding hydrogens is 306 g/mol. The van der Waals surface area contributed by atoms with Gasteiger partial charge in [-0.3, -0.25) is 9.48 Å². The topological polar surface area (TPSA) is 76.4 Å². The van der Waals surface area contributed by atoms with Gasteiger partial charge in [0.1, 0.15) is 0 Å². The Kier molecular flexibility index (Phi) is 6.52. The van der Waals surface area contributed by atoms with Crippen LogP contribution in [0.5, 0.6) is 0 Å². The number of hydrogen-bond donors (Lipinski definition) is 2. The van der Waals surface area contributed by atoms with Gasteiger partial charge in [-0.15, -0.1) is 0 Å². The molecule has 1 heterocycles. The Hall–Kier alpha value is -2.18. The highest BCUT2D eigenvalue weighted by atomic mass is 16.5. The van der Waals surface area contributed by atoms with Crippen LogP contribution in [0.3, 0.4) is 0 Å². The van der Waals surface area contributed by atoms with Crippen molar-refractivity contribution in [3.8, 4) is 0 Å². The van der Waals surface area contributed by atoms with Gasteiger partial charge in [0.2, 0.25) is 5.91 Å². The molecule has 1 aromatic carbocycles. The molecule has 2 aromatic rings. The number of aliphatic hydroxyl groups excluding tert-OH is 1. The van der Waals surface area contributed by atoms with Gasteiger partial charge in [-0.2, -0.15) is 5.10 Å². The van der Waals surface area contributed by atoms with Gasteiger partial charge in [-0.1, -0.05) is 30.3 Å². The lowest BCUT2D eigenvalue weighted by Crippen LogP contribution is -2.25.